The van der Waals surface area contributed by atoms with Crippen molar-refractivity contribution >= 4 is 62.9 Å². The van der Waals surface area contributed by atoms with Gasteiger partial charge in [0.25, 0.3) is 11.8 Å². The highest BCUT2D eigenvalue weighted by atomic mass is 79.9. The number of rotatable bonds is 9. The second-order valence-corrected chi connectivity index (χ2v) is 10.9. The average molecular weight is 619 g/mol. The maximum absolute atomic E-state index is 13.4. The van der Waals surface area contributed by atoms with Gasteiger partial charge in [-0.2, -0.15) is 0 Å². The number of halogens is 2. The molecule has 40 heavy (non-hydrogen) atoms. The summed E-state index contributed by atoms with van der Waals surface area (Å²) in [5.74, 6) is -1.60. The number of nitrogens with one attached hydrogen (secondary N) is 3. The maximum atomic E-state index is 13.4. The molecule has 0 saturated carbocycles. The van der Waals surface area contributed by atoms with Gasteiger partial charge >= 0.3 is 0 Å². The van der Waals surface area contributed by atoms with Crippen molar-refractivity contribution in [2.45, 2.75) is 17.1 Å². The molecule has 0 aliphatic heterocycles. The third-order valence-corrected chi connectivity index (χ3v) is 7.40. The highest BCUT2D eigenvalue weighted by Crippen LogP contribution is 2.28. The number of para-hydroxylation sites is 1. The number of benzene rings is 4. The zero-order chi connectivity index (χ0) is 28.5. The van der Waals surface area contributed by atoms with Crippen LogP contribution < -0.4 is 16.0 Å². The second kappa shape index (κ2) is 13.7. The third kappa shape index (κ3) is 8.14. The van der Waals surface area contributed by atoms with Gasteiger partial charge in [-0.05, 0) is 89.1 Å². The van der Waals surface area contributed by atoms with Gasteiger partial charge in [0.05, 0.1) is 10.9 Å². The molecule has 4 rings (SSSR count). The fourth-order valence-electron chi connectivity index (χ4n) is 3.57. The molecule has 4 aromatic carbocycles. The molecule has 3 amide bonds. The SMILES string of the molecule is CC(Sc1cccc(NC(=O)/C(=C/c2ccc(F)cc2)NC(=O)c2ccccc2)c1)C(=O)Nc1ccccc1Br. The lowest BCUT2D eigenvalue weighted by molar-refractivity contribution is -0.115. The quantitative estimate of drug-likeness (QED) is 0.138. The summed E-state index contributed by atoms with van der Waals surface area (Å²) in [6, 6.07) is 28.5. The predicted molar refractivity (Wildman–Crippen MR) is 161 cm³/mol. The molecule has 0 bridgehead atoms. The number of hydrogen-bond donors (Lipinski definition) is 3. The molecule has 0 radical (unpaired) electrons. The molecule has 0 saturated heterocycles. The number of anilines is 2. The zero-order valence-corrected chi connectivity index (χ0v) is 23.8. The van der Waals surface area contributed by atoms with Crippen molar-refractivity contribution in [1.82, 2.24) is 5.32 Å². The van der Waals surface area contributed by atoms with Crippen LogP contribution in [0.4, 0.5) is 15.8 Å². The van der Waals surface area contributed by atoms with Crippen molar-refractivity contribution in [2.24, 2.45) is 0 Å². The van der Waals surface area contributed by atoms with E-state index in [9.17, 15) is 18.8 Å². The minimum atomic E-state index is -0.560. The van der Waals surface area contributed by atoms with Crippen molar-refractivity contribution < 1.29 is 18.8 Å². The van der Waals surface area contributed by atoms with E-state index in [-0.39, 0.29) is 11.6 Å². The van der Waals surface area contributed by atoms with E-state index < -0.39 is 22.9 Å². The fraction of sp³-hybridized carbons (Fsp3) is 0.0645. The van der Waals surface area contributed by atoms with Crippen LogP contribution in [0.15, 0.2) is 118 Å². The lowest BCUT2D eigenvalue weighted by atomic mass is 10.1. The first-order chi connectivity index (χ1) is 19.3. The number of carbonyl (C=O) groups is 3. The van der Waals surface area contributed by atoms with Crippen LogP contribution in [-0.2, 0) is 9.59 Å². The molecular formula is C31H25BrFN3O3S. The second-order valence-electron chi connectivity index (χ2n) is 8.64. The molecule has 1 atom stereocenters. The van der Waals surface area contributed by atoms with Crippen LogP contribution in [0, 0.1) is 5.82 Å². The van der Waals surface area contributed by atoms with Crippen molar-refractivity contribution in [3.63, 3.8) is 0 Å². The molecular weight excluding hydrogens is 593 g/mol. The van der Waals surface area contributed by atoms with E-state index in [1.807, 2.05) is 30.3 Å². The Morgan fingerprint density at radius 1 is 0.850 bits per heavy atom. The van der Waals surface area contributed by atoms with Crippen molar-refractivity contribution in [1.29, 1.82) is 0 Å². The largest absolute Gasteiger partial charge is 0.324 e. The molecule has 9 heteroatoms. The molecule has 202 valence electrons. The van der Waals surface area contributed by atoms with Crippen LogP contribution in [0.25, 0.3) is 6.08 Å². The van der Waals surface area contributed by atoms with Crippen LogP contribution in [-0.4, -0.2) is 23.0 Å². The smallest absolute Gasteiger partial charge is 0.272 e. The summed E-state index contributed by atoms with van der Waals surface area (Å²) < 4.78 is 14.2. The van der Waals surface area contributed by atoms with Gasteiger partial charge in [0, 0.05) is 20.6 Å². The van der Waals surface area contributed by atoms with Crippen molar-refractivity contribution in [3.05, 3.63) is 130 Å². The van der Waals surface area contributed by atoms with Gasteiger partial charge in [-0.15, -0.1) is 11.8 Å². The van der Waals surface area contributed by atoms with E-state index >= 15 is 0 Å². The third-order valence-electron chi connectivity index (χ3n) is 5.62. The first-order valence-electron chi connectivity index (χ1n) is 12.3. The van der Waals surface area contributed by atoms with Crippen LogP contribution in [0.2, 0.25) is 0 Å². The van der Waals surface area contributed by atoms with Gasteiger partial charge in [-0.3, -0.25) is 14.4 Å². The summed E-state index contributed by atoms with van der Waals surface area (Å²) in [6.07, 6.45) is 1.47. The summed E-state index contributed by atoms with van der Waals surface area (Å²) in [6.45, 7) is 1.80. The zero-order valence-electron chi connectivity index (χ0n) is 21.4. The maximum Gasteiger partial charge on any atom is 0.272 e. The van der Waals surface area contributed by atoms with Gasteiger partial charge in [0.1, 0.15) is 11.5 Å². The summed E-state index contributed by atoms with van der Waals surface area (Å²) in [5, 5.41) is 7.95. The molecule has 0 aliphatic rings. The first-order valence-corrected chi connectivity index (χ1v) is 13.9. The Kier molecular flexibility index (Phi) is 9.88. The van der Waals surface area contributed by atoms with E-state index in [1.165, 1.54) is 42.1 Å². The van der Waals surface area contributed by atoms with Gasteiger partial charge in [-0.1, -0.05) is 48.5 Å². The van der Waals surface area contributed by atoms with E-state index in [0.717, 1.165) is 9.37 Å². The summed E-state index contributed by atoms with van der Waals surface area (Å²) in [4.78, 5) is 39.6. The molecule has 0 spiro atoms. The lowest BCUT2D eigenvalue weighted by Crippen LogP contribution is -2.30. The van der Waals surface area contributed by atoms with Crippen molar-refractivity contribution in [3.8, 4) is 0 Å². The summed E-state index contributed by atoms with van der Waals surface area (Å²) in [5.41, 5.74) is 2.06. The fourth-order valence-corrected chi connectivity index (χ4v) is 4.88. The summed E-state index contributed by atoms with van der Waals surface area (Å²) in [7, 11) is 0. The molecule has 3 N–H and O–H groups in total. The monoisotopic (exact) mass is 617 g/mol. The van der Waals surface area contributed by atoms with E-state index in [2.05, 4.69) is 31.9 Å². The Morgan fingerprint density at radius 2 is 1.55 bits per heavy atom. The summed E-state index contributed by atoms with van der Waals surface area (Å²) >= 11 is 4.77. The Balaban J connectivity index is 1.48. The Bertz CT molecular complexity index is 1550. The topological polar surface area (TPSA) is 87.3 Å². The van der Waals surface area contributed by atoms with Gasteiger partial charge < -0.3 is 16.0 Å². The predicted octanol–water partition coefficient (Wildman–Crippen LogP) is 7.12. The molecule has 0 heterocycles. The van der Waals surface area contributed by atoms with Crippen LogP contribution in [0.3, 0.4) is 0 Å². The number of thioether (sulfide) groups is 1. The highest BCUT2D eigenvalue weighted by Gasteiger charge is 2.18. The Labute approximate surface area is 244 Å². The van der Waals surface area contributed by atoms with Gasteiger partial charge in [0.2, 0.25) is 5.91 Å². The molecule has 6 nitrogen and oxygen atoms in total. The number of hydrogen-bond acceptors (Lipinski definition) is 4. The molecule has 4 aromatic rings. The van der Waals surface area contributed by atoms with Gasteiger partial charge in [0.15, 0.2) is 0 Å². The van der Waals surface area contributed by atoms with Crippen LogP contribution in [0.5, 0.6) is 0 Å². The Morgan fingerprint density at radius 3 is 2.27 bits per heavy atom. The average Bonchev–Trinajstić information content (AvgIpc) is 2.95. The van der Waals surface area contributed by atoms with Crippen molar-refractivity contribution in [2.75, 3.05) is 10.6 Å². The molecule has 1 unspecified atom stereocenters. The lowest BCUT2D eigenvalue weighted by Gasteiger charge is -2.14. The normalized spacial score (nSPS) is 11.8. The standard InChI is InChI=1S/C31H25BrFN3O3S/c1-20(29(37)35-27-13-6-5-12-26(27)32)40-25-11-7-10-24(19-25)34-31(39)28(18-21-14-16-23(33)17-15-21)36-30(38)22-8-3-2-4-9-22/h2-20H,1H3,(H,34,39)(H,35,37)(H,36,38)/b28-18-. The van der Waals surface area contributed by atoms with E-state index in [1.54, 1.807) is 55.5 Å². The van der Waals surface area contributed by atoms with E-state index in [0.29, 0.717) is 22.5 Å². The van der Waals surface area contributed by atoms with Gasteiger partial charge in [-0.25, -0.2) is 4.39 Å². The van der Waals surface area contributed by atoms with E-state index in [4.69, 9.17) is 0 Å². The molecule has 0 fully saturated rings. The number of amides is 3. The minimum Gasteiger partial charge on any atom is -0.324 e. The number of carbonyl (C=O) groups excluding carboxylic acids is 3. The first kappa shape index (κ1) is 28.8. The Hall–Kier alpha value is -4.21. The molecule has 0 aliphatic carbocycles. The van der Waals surface area contributed by atoms with Crippen LogP contribution in [0.1, 0.15) is 22.8 Å². The highest BCUT2D eigenvalue weighted by molar-refractivity contribution is 9.10. The molecule has 0 aromatic heterocycles. The van der Waals surface area contributed by atoms with Crippen LogP contribution >= 0.6 is 27.7 Å². The minimum absolute atomic E-state index is 0.0142.